The Morgan fingerprint density at radius 1 is 1.41 bits per heavy atom. The van der Waals surface area contributed by atoms with Gasteiger partial charge in [0.25, 0.3) is 0 Å². The first-order valence-electron chi connectivity index (χ1n) is 6.50. The molecule has 1 fully saturated rings. The van der Waals surface area contributed by atoms with Crippen LogP contribution in [0.5, 0.6) is 0 Å². The molecule has 3 heteroatoms. The van der Waals surface area contributed by atoms with E-state index >= 15 is 0 Å². The second-order valence-corrected chi connectivity index (χ2v) is 7.74. The minimum atomic E-state index is 0.498. The highest BCUT2D eigenvalue weighted by Crippen LogP contribution is 2.40. The monoisotopic (exact) mass is 269 g/mol. The van der Waals surface area contributed by atoms with Crippen LogP contribution in [0.15, 0.2) is 12.1 Å². The predicted octanol–water partition coefficient (Wildman–Crippen LogP) is 4.38. The van der Waals surface area contributed by atoms with Crippen LogP contribution in [0.3, 0.4) is 0 Å². The van der Waals surface area contributed by atoms with Crippen molar-refractivity contribution in [1.29, 1.82) is 0 Å². The molecule has 0 bridgehead atoms. The average Bonchev–Trinajstić information content (AvgIpc) is 2.95. The molecule has 0 spiro atoms. The Morgan fingerprint density at radius 2 is 2.12 bits per heavy atom. The van der Waals surface area contributed by atoms with Crippen molar-refractivity contribution in [2.24, 2.45) is 0 Å². The number of thioether (sulfide) groups is 1. The Balaban J connectivity index is 1.89. The second-order valence-electron chi connectivity index (χ2n) is 5.15. The molecule has 96 valence electrons. The third kappa shape index (κ3) is 3.27. The molecule has 1 nitrogen and oxygen atoms in total. The van der Waals surface area contributed by atoms with E-state index in [1.807, 2.05) is 11.3 Å². The first-order chi connectivity index (χ1) is 8.15. The molecule has 1 unspecified atom stereocenters. The van der Waals surface area contributed by atoms with E-state index in [1.165, 1.54) is 35.4 Å². The number of aryl methyl sites for hydroxylation is 1. The zero-order chi connectivity index (χ0) is 12.3. The van der Waals surface area contributed by atoms with E-state index in [9.17, 15) is 0 Å². The number of hydrogen-bond donors (Lipinski definition) is 1. The normalized spacial score (nSPS) is 20.6. The quantitative estimate of drug-likeness (QED) is 0.851. The van der Waals surface area contributed by atoms with Crippen LogP contribution in [0.1, 0.15) is 48.4 Å². The third-order valence-corrected chi connectivity index (χ3v) is 6.47. The lowest BCUT2D eigenvalue weighted by atomic mass is 10.1. The van der Waals surface area contributed by atoms with Gasteiger partial charge in [0.1, 0.15) is 0 Å². The van der Waals surface area contributed by atoms with E-state index in [2.05, 4.69) is 49.3 Å². The van der Waals surface area contributed by atoms with Gasteiger partial charge in [0.05, 0.1) is 0 Å². The zero-order valence-corrected chi connectivity index (χ0v) is 12.7. The first-order valence-corrected chi connectivity index (χ1v) is 8.54. The Labute approximate surface area is 113 Å². The van der Waals surface area contributed by atoms with E-state index in [-0.39, 0.29) is 0 Å². The van der Waals surface area contributed by atoms with Gasteiger partial charge in [-0.3, -0.25) is 0 Å². The lowest BCUT2D eigenvalue weighted by Gasteiger charge is -2.28. The molecule has 0 radical (unpaired) electrons. The molecule has 0 amide bonds. The highest BCUT2D eigenvalue weighted by Gasteiger charge is 2.32. The molecule has 1 aromatic rings. The molecular weight excluding hydrogens is 246 g/mol. The van der Waals surface area contributed by atoms with Crippen molar-refractivity contribution in [3.8, 4) is 0 Å². The van der Waals surface area contributed by atoms with Gasteiger partial charge < -0.3 is 5.32 Å². The van der Waals surface area contributed by atoms with Crippen molar-refractivity contribution < 1.29 is 0 Å². The van der Waals surface area contributed by atoms with E-state index in [4.69, 9.17) is 0 Å². The van der Waals surface area contributed by atoms with Gasteiger partial charge in [0.2, 0.25) is 0 Å². The number of thiophene rings is 1. The van der Waals surface area contributed by atoms with Crippen LogP contribution in [0.4, 0.5) is 0 Å². The Hall–Kier alpha value is 0.01000. The molecule has 1 aliphatic carbocycles. The Morgan fingerprint density at radius 3 is 2.65 bits per heavy atom. The zero-order valence-electron chi connectivity index (χ0n) is 11.1. The van der Waals surface area contributed by atoms with E-state index in [0.29, 0.717) is 10.8 Å². The summed E-state index contributed by atoms with van der Waals surface area (Å²) in [5.74, 6) is 0. The van der Waals surface area contributed by atoms with E-state index in [0.717, 1.165) is 6.54 Å². The van der Waals surface area contributed by atoms with Crippen LogP contribution in [0.2, 0.25) is 0 Å². The van der Waals surface area contributed by atoms with Gasteiger partial charge in [-0.2, -0.15) is 11.8 Å². The van der Waals surface area contributed by atoms with Crippen LogP contribution in [0, 0.1) is 6.92 Å². The minimum absolute atomic E-state index is 0.498. The van der Waals surface area contributed by atoms with Gasteiger partial charge >= 0.3 is 0 Å². The predicted molar refractivity (Wildman–Crippen MR) is 80.2 cm³/mol. The topological polar surface area (TPSA) is 12.0 Å². The molecule has 17 heavy (non-hydrogen) atoms. The number of hydrogen-bond acceptors (Lipinski definition) is 3. The fraction of sp³-hybridized carbons (Fsp3) is 0.714. The fourth-order valence-electron chi connectivity index (χ4n) is 2.60. The van der Waals surface area contributed by atoms with Crippen molar-refractivity contribution in [2.45, 2.75) is 50.3 Å². The fourth-order valence-corrected chi connectivity index (χ4v) is 4.43. The van der Waals surface area contributed by atoms with Crippen LogP contribution in [0.25, 0.3) is 0 Å². The van der Waals surface area contributed by atoms with Crippen molar-refractivity contribution in [3.63, 3.8) is 0 Å². The van der Waals surface area contributed by atoms with Crippen LogP contribution in [-0.4, -0.2) is 17.5 Å². The number of rotatable bonds is 5. The molecule has 1 atom stereocenters. The van der Waals surface area contributed by atoms with Crippen molar-refractivity contribution >= 4 is 23.1 Å². The van der Waals surface area contributed by atoms with Crippen LogP contribution < -0.4 is 5.32 Å². The number of nitrogens with one attached hydrogen (secondary N) is 1. The van der Waals surface area contributed by atoms with Gasteiger partial charge in [-0.1, -0.05) is 12.8 Å². The first kappa shape index (κ1) is 13.4. The maximum absolute atomic E-state index is 3.74. The molecule has 1 N–H and O–H groups in total. The SMILES string of the molecule is CSC1(CNC(C)c2ccc(C)s2)CCCC1. The van der Waals surface area contributed by atoms with Gasteiger partial charge in [0, 0.05) is 27.1 Å². The summed E-state index contributed by atoms with van der Waals surface area (Å²) in [6.45, 7) is 5.63. The summed E-state index contributed by atoms with van der Waals surface area (Å²) in [4.78, 5) is 2.88. The molecule has 0 saturated heterocycles. The van der Waals surface area contributed by atoms with Gasteiger partial charge in [-0.15, -0.1) is 11.3 Å². The van der Waals surface area contributed by atoms with Gasteiger partial charge in [-0.05, 0) is 45.1 Å². The van der Waals surface area contributed by atoms with Crippen molar-refractivity contribution in [3.05, 3.63) is 21.9 Å². The summed E-state index contributed by atoms with van der Waals surface area (Å²) >= 11 is 3.98. The van der Waals surface area contributed by atoms with Crippen LogP contribution >= 0.6 is 23.1 Å². The lowest BCUT2D eigenvalue weighted by Crippen LogP contribution is -2.36. The molecule has 0 aromatic carbocycles. The highest BCUT2D eigenvalue weighted by atomic mass is 32.2. The molecule has 2 rings (SSSR count). The molecule has 1 aromatic heterocycles. The molecule has 1 saturated carbocycles. The van der Waals surface area contributed by atoms with E-state index in [1.54, 1.807) is 0 Å². The maximum Gasteiger partial charge on any atom is 0.0386 e. The summed E-state index contributed by atoms with van der Waals surface area (Å²) in [6.07, 6.45) is 7.87. The standard InChI is InChI=1S/C14H23NS2/c1-11-6-7-13(17-11)12(2)15-10-14(16-3)8-4-5-9-14/h6-7,12,15H,4-5,8-10H2,1-3H3. The van der Waals surface area contributed by atoms with Crippen molar-refractivity contribution in [1.82, 2.24) is 5.32 Å². The summed E-state index contributed by atoms with van der Waals surface area (Å²) in [5, 5.41) is 3.74. The average molecular weight is 269 g/mol. The summed E-state index contributed by atoms with van der Waals surface area (Å²) in [6, 6.07) is 4.98. The highest BCUT2D eigenvalue weighted by molar-refractivity contribution is 8.00. The third-order valence-electron chi connectivity index (χ3n) is 3.87. The van der Waals surface area contributed by atoms with E-state index < -0.39 is 0 Å². The largest absolute Gasteiger partial charge is 0.308 e. The molecule has 1 aliphatic rings. The molecular formula is C14H23NS2. The molecule has 0 aliphatic heterocycles. The van der Waals surface area contributed by atoms with Gasteiger partial charge in [0.15, 0.2) is 0 Å². The summed E-state index contributed by atoms with van der Waals surface area (Å²) < 4.78 is 0.514. The smallest absolute Gasteiger partial charge is 0.0386 e. The summed E-state index contributed by atoms with van der Waals surface area (Å²) in [5.41, 5.74) is 0. The second kappa shape index (κ2) is 5.77. The van der Waals surface area contributed by atoms with Crippen LogP contribution in [-0.2, 0) is 0 Å². The Kier molecular flexibility index (Phi) is 4.56. The summed E-state index contributed by atoms with van der Waals surface area (Å²) in [7, 11) is 0. The minimum Gasteiger partial charge on any atom is -0.308 e. The van der Waals surface area contributed by atoms with Gasteiger partial charge in [-0.25, -0.2) is 0 Å². The molecule has 1 heterocycles. The van der Waals surface area contributed by atoms with Crippen molar-refractivity contribution in [2.75, 3.05) is 12.8 Å². The lowest BCUT2D eigenvalue weighted by molar-refractivity contribution is 0.490. The maximum atomic E-state index is 3.74. The Bertz CT molecular complexity index is 353.